The third-order valence-electron chi connectivity index (χ3n) is 3.87. The molecule has 1 aliphatic carbocycles. The number of rotatable bonds is 2. The second-order valence-electron chi connectivity index (χ2n) is 4.97. The van der Waals surface area contributed by atoms with Crippen molar-refractivity contribution in [3.05, 3.63) is 34.4 Å². The van der Waals surface area contributed by atoms with Crippen LogP contribution in [0.15, 0.2) is 12.1 Å². The maximum absolute atomic E-state index is 11.6. The second kappa shape index (κ2) is 4.15. The number of methoxy groups -OCH3 is 1. The minimum Gasteiger partial charge on any atom is -0.465 e. The molecule has 3 nitrogen and oxygen atoms in total. The lowest BCUT2D eigenvalue weighted by molar-refractivity contribution is 0.0600. The van der Waals surface area contributed by atoms with Crippen LogP contribution in [0.3, 0.4) is 0 Å². The number of aryl methyl sites for hydroxylation is 1. The number of ether oxygens (including phenoxy) is 1. The van der Waals surface area contributed by atoms with Gasteiger partial charge in [-0.25, -0.2) is 4.79 Å². The molecule has 0 aliphatic heterocycles. The minimum atomic E-state index is -0.294. The fraction of sp³-hybridized carbons (Fsp3) is 0.500. The highest BCUT2D eigenvalue weighted by Crippen LogP contribution is 2.41. The molecule has 1 saturated carbocycles. The lowest BCUT2D eigenvalue weighted by Crippen LogP contribution is -2.44. The van der Waals surface area contributed by atoms with Gasteiger partial charge in [0.15, 0.2) is 0 Å². The molecule has 0 unspecified atom stereocenters. The average molecular weight is 233 g/mol. The van der Waals surface area contributed by atoms with E-state index in [1.807, 2.05) is 19.1 Å². The molecule has 1 aliphatic rings. The van der Waals surface area contributed by atoms with Gasteiger partial charge in [-0.2, -0.15) is 0 Å². The number of esters is 1. The first-order valence-corrected chi connectivity index (χ1v) is 5.97. The van der Waals surface area contributed by atoms with Gasteiger partial charge in [-0.05, 0) is 61.9 Å². The Morgan fingerprint density at radius 3 is 2.47 bits per heavy atom. The molecule has 1 fully saturated rings. The predicted octanol–water partition coefficient (Wildman–Crippen LogP) is 2.43. The molecule has 0 bridgehead atoms. The Balaban J connectivity index is 2.50. The van der Waals surface area contributed by atoms with Gasteiger partial charge in [-0.15, -0.1) is 0 Å². The van der Waals surface area contributed by atoms with Crippen molar-refractivity contribution < 1.29 is 9.53 Å². The van der Waals surface area contributed by atoms with E-state index in [4.69, 9.17) is 10.5 Å². The molecular weight excluding hydrogens is 214 g/mol. The van der Waals surface area contributed by atoms with Crippen LogP contribution in [-0.2, 0) is 10.3 Å². The van der Waals surface area contributed by atoms with Crippen molar-refractivity contribution in [2.45, 2.75) is 38.6 Å². The molecule has 17 heavy (non-hydrogen) atoms. The van der Waals surface area contributed by atoms with Gasteiger partial charge in [-0.3, -0.25) is 0 Å². The molecule has 0 radical (unpaired) electrons. The van der Waals surface area contributed by atoms with Crippen molar-refractivity contribution >= 4 is 5.97 Å². The molecule has 2 N–H and O–H groups in total. The summed E-state index contributed by atoms with van der Waals surface area (Å²) in [4.78, 5) is 11.6. The van der Waals surface area contributed by atoms with Crippen molar-refractivity contribution in [3.8, 4) is 0 Å². The van der Waals surface area contributed by atoms with E-state index in [1.165, 1.54) is 12.7 Å². The standard InChI is InChI=1S/C14H19NO2/c1-9-7-11(13(16)17-3)8-12(10(9)2)14(15)5-4-6-14/h7-8H,4-6,15H2,1-3H3. The van der Waals surface area contributed by atoms with Gasteiger partial charge in [0.1, 0.15) is 0 Å². The number of carbonyl (C=O) groups excluding carboxylic acids is 1. The first kappa shape index (κ1) is 12.1. The molecule has 0 atom stereocenters. The van der Waals surface area contributed by atoms with Crippen molar-refractivity contribution in [2.75, 3.05) is 7.11 Å². The Kier molecular flexibility index (Phi) is 2.96. The van der Waals surface area contributed by atoms with E-state index >= 15 is 0 Å². The lowest BCUT2D eigenvalue weighted by atomic mass is 9.70. The Labute approximate surface area is 102 Å². The molecule has 1 aromatic carbocycles. The molecule has 92 valence electrons. The first-order valence-electron chi connectivity index (χ1n) is 5.97. The van der Waals surface area contributed by atoms with Gasteiger partial charge in [0.05, 0.1) is 12.7 Å². The summed E-state index contributed by atoms with van der Waals surface area (Å²) in [7, 11) is 1.40. The van der Waals surface area contributed by atoms with Crippen LogP contribution >= 0.6 is 0 Å². The van der Waals surface area contributed by atoms with Crippen LogP contribution in [0.2, 0.25) is 0 Å². The zero-order chi connectivity index (χ0) is 12.6. The zero-order valence-electron chi connectivity index (χ0n) is 10.7. The predicted molar refractivity (Wildman–Crippen MR) is 67.0 cm³/mol. The monoisotopic (exact) mass is 233 g/mol. The van der Waals surface area contributed by atoms with E-state index in [2.05, 4.69) is 6.92 Å². The molecule has 0 saturated heterocycles. The van der Waals surface area contributed by atoms with Gasteiger partial charge in [-0.1, -0.05) is 0 Å². The average Bonchev–Trinajstić information content (AvgIpc) is 2.28. The van der Waals surface area contributed by atoms with Crippen LogP contribution in [0.5, 0.6) is 0 Å². The van der Waals surface area contributed by atoms with Crippen molar-refractivity contribution in [3.63, 3.8) is 0 Å². The number of hydrogen-bond acceptors (Lipinski definition) is 3. The van der Waals surface area contributed by atoms with E-state index in [0.29, 0.717) is 5.56 Å². The molecule has 2 rings (SSSR count). The topological polar surface area (TPSA) is 52.3 Å². The van der Waals surface area contributed by atoms with Gasteiger partial charge >= 0.3 is 5.97 Å². The summed E-state index contributed by atoms with van der Waals surface area (Å²) in [5, 5.41) is 0. The van der Waals surface area contributed by atoms with Gasteiger partial charge in [0.25, 0.3) is 0 Å². The Hall–Kier alpha value is -1.35. The van der Waals surface area contributed by atoms with Crippen LogP contribution in [0, 0.1) is 13.8 Å². The Morgan fingerprint density at radius 1 is 1.35 bits per heavy atom. The molecular formula is C14H19NO2. The Bertz CT molecular complexity index is 462. The highest BCUT2D eigenvalue weighted by atomic mass is 16.5. The lowest BCUT2D eigenvalue weighted by Gasteiger charge is -2.40. The largest absolute Gasteiger partial charge is 0.465 e. The van der Waals surface area contributed by atoms with E-state index in [1.54, 1.807) is 0 Å². The fourth-order valence-electron chi connectivity index (χ4n) is 2.44. The fourth-order valence-corrected chi connectivity index (χ4v) is 2.44. The minimum absolute atomic E-state index is 0.237. The zero-order valence-corrected chi connectivity index (χ0v) is 10.7. The quantitative estimate of drug-likeness (QED) is 0.798. The second-order valence-corrected chi connectivity index (χ2v) is 4.97. The number of benzene rings is 1. The summed E-state index contributed by atoms with van der Waals surface area (Å²) in [6, 6.07) is 3.76. The molecule has 0 amide bonds. The SMILES string of the molecule is COC(=O)c1cc(C)c(C)c(C2(N)CCC2)c1. The summed E-state index contributed by atoms with van der Waals surface area (Å²) in [5.74, 6) is -0.294. The summed E-state index contributed by atoms with van der Waals surface area (Å²) in [5.41, 5.74) is 10.1. The highest BCUT2D eigenvalue weighted by molar-refractivity contribution is 5.90. The van der Waals surface area contributed by atoms with E-state index < -0.39 is 0 Å². The van der Waals surface area contributed by atoms with E-state index in [0.717, 1.165) is 30.4 Å². The third-order valence-corrected chi connectivity index (χ3v) is 3.87. The van der Waals surface area contributed by atoms with Crippen LogP contribution in [0.25, 0.3) is 0 Å². The number of hydrogen-bond donors (Lipinski definition) is 1. The van der Waals surface area contributed by atoms with Crippen molar-refractivity contribution in [1.82, 2.24) is 0 Å². The number of nitrogens with two attached hydrogens (primary N) is 1. The smallest absolute Gasteiger partial charge is 0.337 e. The Morgan fingerprint density at radius 2 is 2.00 bits per heavy atom. The summed E-state index contributed by atoms with van der Waals surface area (Å²) < 4.78 is 4.77. The van der Waals surface area contributed by atoms with Crippen LogP contribution in [-0.4, -0.2) is 13.1 Å². The van der Waals surface area contributed by atoms with Crippen LogP contribution in [0.1, 0.15) is 46.3 Å². The van der Waals surface area contributed by atoms with Crippen molar-refractivity contribution in [2.24, 2.45) is 5.73 Å². The first-order chi connectivity index (χ1) is 7.98. The molecule has 3 heteroatoms. The van der Waals surface area contributed by atoms with Crippen LogP contribution < -0.4 is 5.73 Å². The summed E-state index contributed by atoms with van der Waals surface area (Å²) >= 11 is 0. The third kappa shape index (κ3) is 1.95. The van der Waals surface area contributed by atoms with E-state index in [9.17, 15) is 4.79 Å². The maximum Gasteiger partial charge on any atom is 0.337 e. The number of carbonyl (C=O) groups is 1. The van der Waals surface area contributed by atoms with Gasteiger partial charge in [0.2, 0.25) is 0 Å². The molecule has 0 aromatic heterocycles. The molecule has 1 aromatic rings. The highest BCUT2D eigenvalue weighted by Gasteiger charge is 2.36. The van der Waals surface area contributed by atoms with Gasteiger partial charge in [0, 0.05) is 5.54 Å². The van der Waals surface area contributed by atoms with E-state index in [-0.39, 0.29) is 11.5 Å². The van der Waals surface area contributed by atoms with Gasteiger partial charge < -0.3 is 10.5 Å². The normalized spacial score (nSPS) is 17.4. The van der Waals surface area contributed by atoms with Crippen LogP contribution in [0.4, 0.5) is 0 Å². The molecule has 0 spiro atoms. The maximum atomic E-state index is 11.6. The van der Waals surface area contributed by atoms with Crippen molar-refractivity contribution in [1.29, 1.82) is 0 Å². The molecule has 0 heterocycles. The summed E-state index contributed by atoms with van der Waals surface area (Å²) in [6.07, 6.45) is 3.16. The summed E-state index contributed by atoms with van der Waals surface area (Å²) in [6.45, 7) is 4.08.